The highest BCUT2D eigenvalue weighted by atomic mass is 16.5. The molecule has 0 bridgehead atoms. The van der Waals surface area contributed by atoms with Crippen LogP contribution in [0.25, 0.3) is 0 Å². The van der Waals surface area contributed by atoms with E-state index in [4.69, 9.17) is 9.47 Å². The molecule has 244 valence electrons. The number of hydrogen-bond donors (Lipinski definition) is 0. The zero-order valence-corrected chi connectivity index (χ0v) is 28.3. The van der Waals surface area contributed by atoms with Crippen molar-refractivity contribution in [3.05, 3.63) is 59.2 Å². The van der Waals surface area contributed by atoms with Gasteiger partial charge < -0.3 is 9.47 Å². The molecule has 1 aromatic carbocycles. The minimum absolute atomic E-state index is 0.00240. The SMILES string of the molecule is COC(=O)C12CCC(C)(C)CC1C1C(=O)C=C3[C@@]4(C)C=C(C#N)C(=O)[C@@](C)(COC(=O)c5ccccc5)C4CC[C@@]3(C)[C@]1(C)CC2. The van der Waals surface area contributed by atoms with Crippen LogP contribution in [0.15, 0.2) is 53.6 Å². The van der Waals surface area contributed by atoms with Gasteiger partial charge in [-0.25, -0.2) is 4.79 Å². The largest absolute Gasteiger partial charge is 0.469 e. The van der Waals surface area contributed by atoms with Crippen molar-refractivity contribution in [2.24, 2.45) is 50.2 Å². The predicted octanol–water partition coefficient (Wildman–Crippen LogP) is 7.22. The number of benzene rings is 1. The fraction of sp³-hybridized carbons (Fsp3) is 0.615. The maximum atomic E-state index is 14.7. The Morgan fingerprint density at radius 2 is 1.63 bits per heavy atom. The fourth-order valence-corrected chi connectivity index (χ4v) is 11.1. The summed E-state index contributed by atoms with van der Waals surface area (Å²) >= 11 is 0. The Morgan fingerprint density at radius 1 is 0.957 bits per heavy atom. The molecule has 4 unspecified atom stereocenters. The third kappa shape index (κ3) is 4.27. The summed E-state index contributed by atoms with van der Waals surface area (Å²) in [5.74, 6) is -1.74. The molecule has 6 rings (SSSR count). The van der Waals surface area contributed by atoms with Gasteiger partial charge in [-0.3, -0.25) is 14.4 Å². The van der Waals surface area contributed by atoms with E-state index in [1.165, 1.54) is 7.11 Å². The van der Waals surface area contributed by atoms with Gasteiger partial charge in [-0.2, -0.15) is 5.26 Å². The van der Waals surface area contributed by atoms with Gasteiger partial charge in [0.2, 0.25) is 0 Å². The van der Waals surface area contributed by atoms with E-state index < -0.39 is 33.0 Å². The molecule has 8 atom stereocenters. The van der Waals surface area contributed by atoms with E-state index >= 15 is 0 Å². The third-order valence-electron chi connectivity index (χ3n) is 13.8. The molecule has 0 radical (unpaired) electrons. The normalized spacial score (nSPS) is 40.9. The average molecular weight is 626 g/mol. The highest BCUT2D eigenvalue weighted by molar-refractivity contribution is 6.05. The van der Waals surface area contributed by atoms with Gasteiger partial charge in [0, 0.05) is 11.3 Å². The molecule has 5 aliphatic carbocycles. The van der Waals surface area contributed by atoms with E-state index in [2.05, 4.69) is 40.7 Å². The number of esters is 2. The first-order chi connectivity index (χ1) is 21.5. The molecule has 7 heteroatoms. The molecule has 0 heterocycles. The van der Waals surface area contributed by atoms with Crippen LogP contribution in [0, 0.1) is 61.6 Å². The Bertz CT molecular complexity index is 1620. The first-order valence-corrected chi connectivity index (χ1v) is 16.8. The standard InChI is InChI=1S/C39H47NO6/c1-34(2)15-17-39(33(44)45-7)18-16-38(6)30(26(39)21-34)27(41)19-29-35(3)20-25(22-40)31(42)36(4,28(35)13-14-37(29,38)5)23-46-32(43)24-11-9-8-10-12-24/h8-12,19-20,26,28,30H,13-18,21,23H2,1-7H3/t26?,28?,30?,35-,36-,37+,38+,39?/m0/s1. The maximum Gasteiger partial charge on any atom is 0.338 e. The van der Waals surface area contributed by atoms with Gasteiger partial charge in [0.15, 0.2) is 11.6 Å². The van der Waals surface area contributed by atoms with E-state index in [0.717, 1.165) is 31.3 Å². The van der Waals surface area contributed by atoms with Crippen molar-refractivity contribution in [3.63, 3.8) is 0 Å². The lowest BCUT2D eigenvalue weighted by Gasteiger charge is -2.68. The second-order valence-corrected chi connectivity index (χ2v) is 16.5. The van der Waals surface area contributed by atoms with Crippen molar-refractivity contribution in [1.29, 1.82) is 5.26 Å². The summed E-state index contributed by atoms with van der Waals surface area (Å²) in [6.45, 7) is 12.7. The van der Waals surface area contributed by atoms with Crippen LogP contribution < -0.4 is 0 Å². The Labute approximate surface area is 272 Å². The summed E-state index contributed by atoms with van der Waals surface area (Å²) in [5, 5.41) is 10.2. The van der Waals surface area contributed by atoms with E-state index in [1.54, 1.807) is 30.3 Å². The Kier molecular flexibility index (Phi) is 7.39. The van der Waals surface area contributed by atoms with Crippen LogP contribution in [0.3, 0.4) is 0 Å². The summed E-state index contributed by atoms with van der Waals surface area (Å²) in [6, 6.07) is 10.8. The molecule has 0 saturated heterocycles. The van der Waals surface area contributed by atoms with Crippen molar-refractivity contribution in [3.8, 4) is 6.07 Å². The molecule has 0 amide bonds. The van der Waals surface area contributed by atoms with Gasteiger partial charge in [-0.1, -0.05) is 64.5 Å². The summed E-state index contributed by atoms with van der Waals surface area (Å²) < 4.78 is 11.2. The van der Waals surface area contributed by atoms with Crippen LogP contribution in [0.2, 0.25) is 0 Å². The highest BCUT2D eigenvalue weighted by Gasteiger charge is 2.71. The van der Waals surface area contributed by atoms with Crippen molar-refractivity contribution < 1.29 is 28.7 Å². The Balaban J connectivity index is 1.44. The van der Waals surface area contributed by atoms with E-state index in [1.807, 2.05) is 19.1 Å². The molecule has 0 spiro atoms. The quantitative estimate of drug-likeness (QED) is 0.325. The lowest BCUT2D eigenvalue weighted by molar-refractivity contribution is -0.191. The Hall–Kier alpha value is -3.53. The smallest absolute Gasteiger partial charge is 0.338 e. The first-order valence-electron chi connectivity index (χ1n) is 16.8. The zero-order chi connectivity index (χ0) is 33.5. The minimum atomic E-state index is -1.15. The van der Waals surface area contributed by atoms with Gasteiger partial charge in [-0.15, -0.1) is 0 Å². The lowest BCUT2D eigenvalue weighted by Crippen LogP contribution is -2.66. The van der Waals surface area contributed by atoms with E-state index in [0.29, 0.717) is 24.8 Å². The molecule has 3 saturated carbocycles. The number of allylic oxidation sites excluding steroid dienone is 4. The van der Waals surface area contributed by atoms with Crippen LogP contribution in [0.1, 0.15) is 96.8 Å². The van der Waals surface area contributed by atoms with Crippen molar-refractivity contribution in [2.75, 3.05) is 13.7 Å². The topological polar surface area (TPSA) is 111 Å². The van der Waals surface area contributed by atoms with Gasteiger partial charge in [0.25, 0.3) is 0 Å². The van der Waals surface area contributed by atoms with Crippen molar-refractivity contribution in [2.45, 2.75) is 86.5 Å². The second kappa shape index (κ2) is 10.5. The molecule has 0 aliphatic heterocycles. The molecular weight excluding hydrogens is 578 g/mol. The molecular formula is C39H47NO6. The summed E-state index contributed by atoms with van der Waals surface area (Å²) in [5.41, 5.74) is -2.05. The van der Waals surface area contributed by atoms with Gasteiger partial charge >= 0.3 is 11.9 Å². The number of ether oxygens (including phenoxy) is 2. The third-order valence-corrected chi connectivity index (χ3v) is 13.8. The number of fused-ring (bicyclic) bond motifs is 7. The number of ketones is 2. The number of Topliss-reactive ketones (excluding diaryl/α,β-unsaturated/α-hetero) is 1. The van der Waals surface area contributed by atoms with Crippen molar-refractivity contribution in [1.82, 2.24) is 0 Å². The van der Waals surface area contributed by atoms with Crippen LogP contribution in [0.5, 0.6) is 0 Å². The molecule has 3 fully saturated rings. The number of nitriles is 1. The monoisotopic (exact) mass is 625 g/mol. The van der Waals surface area contributed by atoms with Gasteiger partial charge in [-0.05, 0) is 98.2 Å². The second-order valence-electron chi connectivity index (χ2n) is 16.5. The number of carbonyl (C=O) groups excluding carboxylic acids is 4. The Morgan fingerprint density at radius 3 is 2.28 bits per heavy atom. The van der Waals surface area contributed by atoms with Crippen LogP contribution in [-0.4, -0.2) is 37.2 Å². The van der Waals surface area contributed by atoms with E-state index in [-0.39, 0.29) is 52.9 Å². The van der Waals surface area contributed by atoms with Crippen LogP contribution in [0.4, 0.5) is 0 Å². The molecule has 46 heavy (non-hydrogen) atoms. The summed E-state index contributed by atoms with van der Waals surface area (Å²) in [4.78, 5) is 55.2. The number of methoxy groups -OCH3 is 1. The molecule has 0 N–H and O–H groups in total. The number of rotatable bonds is 4. The minimum Gasteiger partial charge on any atom is -0.469 e. The summed E-state index contributed by atoms with van der Waals surface area (Å²) in [6.07, 6.45) is 8.84. The lowest BCUT2D eigenvalue weighted by atomic mass is 9.34. The highest BCUT2D eigenvalue weighted by Crippen LogP contribution is 2.74. The average Bonchev–Trinajstić information content (AvgIpc) is 3.02. The zero-order valence-electron chi connectivity index (χ0n) is 28.3. The van der Waals surface area contributed by atoms with Crippen LogP contribution in [-0.2, 0) is 23.9 Å². The molecule has 5 aliphatic rings. The first kappa shape index (κ1) is 32.4. The summed E-state index contributed by atoms with van der Waals surface area (Å²) in [7, 11) is 1.46. The molecule has 1 aromatic rings. The molecule has 7 nitrogen and oxygen atoms in total. The fourth-order valence-electron chi connectivity index (χ4n) is 11.1. The van der Waals surface area contributed by atoms with Crippen LogP contribution >= 0.6 is 0 Å². The van der Waals surface area contributed by atoms with E-state index in [9.17, 15) is 24.4 Å². The van der Waals surface area contributed by atoms with Gasteiger partial charge in [0.05, 0.1) is 29.1 Å². The van der Waals surface area contributed by atoms with Gasteiger partial charge in [0.1, 0.15) is 12.7 Å². The van der Waals surface area contributed by atoms with Crippen molar-refractivity contribution >= 4 is 23.5 Å². The number of nitrogens with zero attached hydrogens (tertiary/aromatic N) is 1. The number of hydrogen-bond acceptors (Lipinski definition) is 7. The number of carbonyl (C=O) groups is 4. The predicted molar refractivity (Wildman–Crippen MR) is 172 cm³/mol. The maximum absolute atomic E-state index is 14.7. The molecule has 0 aromatic heterocycles.